The van der Waals surface area contributed by atoms with Gasteiger partial charge in [-0.1, -0.05) is 0 Å². The van der Waals surface area contributed by atoms with E-state index < -0.39 is 65.1 Å². The normalized spacial score (nSPS) is 37.5. The van der Waals surface area contributed by atoms with Gasteiger partial charge in [0.2, 0.25) is 5.78 Å². The van der Waals surface area contributed by atoms with Gasteiger partial charge in [0.1, 0.15) is 29.3 Å². The highest BCUT2D eigenvalue weighted by atomic mass is 16.7. The second-order valence-electron chi connectivity index (χ2n) is 16.9. The summed E-state index contributed by atoms with van der Waals surface area (Å²) in [5, 5.41) is 34.7. The van der Waals surface area contributed by atoms with Crippen LogP contribution in [-0.4, -0.2) is 119 Å². The number of hydrogen-bond donors (Lipinski definition) is 3. The average molecular weight is 747 g/mol. The summed E-state index contributed by atoms with van der Waals surface area (Å²) >= 11 is 0. The number of benzene rings is 2. The molecular formula is C41H50N2O11. The Labute approximate surface area is 313 Å². The van der Waals surface area contributed by atoms with E-state index in [1.807, 2.05) is 51.8 Å². The summed E-state index contributed by atoms with van der Waals surface area (Å²) < 4.78 is 30.9. The summed E-state index contributed by atoms with van der Waals surface area (Å²) in [5.74, 6) is -1.42. The maximum atomic E-state index is 15.1. The van der Waals surface area contributed by atoms with Gasteiger partial charge in [-0.05, 0) is 106 Å². The van der Waals surface area contributed by atoms with Crippen LogP contribution in [0, 0.1) is 6.92 Å². The summed E-state index contributed by atoms with van der Waals surface area (Å²) in [6, 6.07) is 4.26. The standard InChI is InChI=1S/C41H50N2O11/c1-16-11-22-30(37-28(16)24(44)14-27(53-37)41(6)39(54-41)36-18(3)52-36)35(48)31-29(34(22)47)20(25-13-23(42(7)8)32(45)17(2)50-25)12-21(33(31)46)26-15-40(5,43(9)10)38(49)19(4)51-26/h11-12,14,17-19,23,25-26,32,36,38-39,45-46,49H,13,15H2,1-10H3/t17-,18?,19+,23-,25-,26-,32-,36?,38-,39?,40+,41?/m1/s1. The number of hydrogen-bond acceptors (Lipinski definition) is 13. The molecule has 0 radical (unpaired) electrons. The number of carbonyl (C=O) groups excluding carboxylic acids is 2. The van der Waals surface area contributed by atoms with E-state index in [0.29, 0.717) is 11.1 Å². The molecule has 13 heteroatoms. The van der Waals surface area contributed by atoms with E-state index in [0.717, 1.165) is 0 Å². The van der Waals surface area contributed by atoms with Crippen molar-refractivity contribution in [1.82, 2.24) is 9.80 Å². The SMILES string of the molecule is Cc1cc2c(c3oc(C4(C)OC4C4OC4C)cc(=O)c13)C(=O)c1c(O)c([C@H]3C[C@](C)(N(C)C)[C@H](O)[C@H](C)O3)cc([C@H]3C[C@@H](N(C)C)[C@H](O)[C@@H](C)O3)c1C2=O. The second kappa shape index (κ2) is 12.5. The van der Waals surface area contributed by atoms with Crippen LogP contribution in [0.5, 0.6) is 5.75 Å². The number of rotatable bonds is 6. The molecular weight excluding hydrogens is 696 g/mol. The Morgan fingerprint density at radius 3 is 2.11 bits per heavy atom. The summed E-state index contributed by atoms with van der Waals surface area (Å²) in [6.45, 7) is 10.9. The summed E-state index contributed by atoms with van der Waals surface area (Å²) in [6.07, 6.45) is -4.44. The first kappa shape index (κ1) is 37.4. The number of phenolic OH excluding ortho intramolecular Hbond substituents is 1. The number of epoxide rings is 2. The van der Waals surface area contributed by atoms with Gasteiger partial charge in [0, 0.05) is 34.3 Å². The number of ether oxygens (including phenoxy) is 4. The van der Waals surface area contributed by atoms with Crippen LogP contribution in [0.2, 0.25) is 0 Å². The lowest BCUT2D eigenvalue weighted by Gasteiger charge is -2.49. The van der Waals surface area contributed by atoms with E-state index in [-0.39, 0.29) is 87.2 Å². The minimum Gasteiger partial charge on any atom is -0.507 e. The molecule has 5 heterocycles. The van der Waals surface area contributed by atoms with E-state index in [1.165, 1.54) is 12.1 Å². The number of nitrogens with zero attached hydrogens (tertiary/aromatic N) is 2. The number of aromatic hydroxyl groups is 1. The quantitative estimate of drug-likeness (QED) is 0.244. The predicted octanol–water partition coefficient (Wildman–Crippen LogP) is 3.66. The second-order valence-corrected chi connectivity index (χ2v) is 16.9. The molecule has 4 saturated heterocycles. The fourth-order valence-corrected chi connectivity index (χ4v) is 9.24. The van der Waals surface area contributed by atoms with Crippen LogP contribution in [0.1, 0.15) is 114 Å². The minimum absolute atomic E-state index is 0.00321. The third-order valence-corrected chi connectivity index (χ3v) is 13.0. The molecule has 2 aromatic carbocycles. The number of aryl methyl sites for hydroxylation is 1. The Morgan fingerprint density at radius 2 is 1.48 bits per heavy atom. The topological polar surface area (TPSA) is 175 Å². The van der Waals surface area contributed by atoms with Crippen molar-refractivity contribution in [3.8, 4) is 5.75 Å². The first-order valence-electron chi connectivity index (χ1n) is 18.7. The summed E-state index contributed by atoms with van der Waals surface area (Å²) in [4.78, 5) is 47.7. The van der Waals surface area contributed by atoms with Gasteiger partial charge in [0.15, 0.2) is 16.8 Å². The highest BCUT2D eigenvalue weighted by molar-refractivity contribution is 6.33. The Bertz CT molecular complexity index is 2160. The lowest BCUT2D eigenvalue weighted by atomic mass is 9.74. The van der Waals surface area contributed by atoms with Crippen molar-refractivity contribution in [2.45, 2.75) is 127 Å². The van der Waals surface area contributed by atoms with Gasteiger partial charge >= 0.3 is 0 Å². The largest absolute Gasteiger partial charge is 0.507 e. The number of carbonyl (C=O) groups is 2. The van der Waals surface area contributed by atoms with Gasteiger partial charge in [0.05, 0.1) is 59.2 Å². The van der Waals surface area contributed by atoms with Crippen molar-refractivity contribution < 1.29 is 48.3 Å². The van der Waals surface area contributed by atoms with Crippen LogP contribution in [0.15, 0.2) is 27.4 Å². The smallest absolute Gasteiger partial charge is 0.202 e. The monoisotopic (exact) mass is 746 g/mol. The molecule has 1 aliphatic carbocycles. The minimum atomic E-state index is -0.970. The lowest BCUT2D eigenvalue weighted by molar-refractivity contribution is -0.176. The van der Waals surface area contributed by atoms with E-state index in [2.05, 4.69) is 0 Å². The number of fused-ring (bicyclic) bond motifs is 4. The van der Waals surface area contributed by atoms with E-state index in [1.54, 1.807) is 33.8 Å². The Morgan fingerprint density at radius 1 is 0.815 bits per heavy atom. The molecule has 0 bridgehead atoms. The van der Waals surface area contributed by atoms with Crippen molar-refractivity contribution in [3.05, 3.63) is 73.1 Å². The molecule has 13 nitrogen and oxygen atoms in total. The lowest BCUT2D eigenvalue weighted by Crippen LogP contribution is -2.59. The number of phenols is 1. The molecule has 1 aromatic heterocycles. The first-order chi connectivity index (χ1) is 25.3. The summed E-state index contributed by atoms with van der Waals surface area (Å²) in [5.41, 5.74) is -1.39. The van der Waals surface area contributed by atoms with Crippen molar-refractivity contribution in [2.24, 2.45) is 0 Å². The Hall–Kier alpha value is -3.53. The van der Waals surface area contributed by atoms with E-state index >= 15 is 4.79 Å². The molecule has 3 aromatic rings. The van der Waals surface area contributed by atoms with Crippen molar-refractivity contribution in [1.29, 1.82) is 0 Å². The molecule has 4 unspecified atom stereocenters. The molecule has 290 valence electrons. The van der Waals surface area contributed by atoms with E-state index in [9.17, 15) is 24.9 Å². The molecule has 0 spiro atoms. The highest BCUT2D eigenvalue weighted by Crippen LogP contribution is 2.54. The van der Waals surface area contributed by atoms with Gasteiger partial charge in [-0.2, -0.15) is 0 Å². The number of aliphatic hydroxyl groups is 2. The molecule has 54 heavy (non-hydrogen) atoms. The van der Waals surface area contributed by atoms with Crippen LogP contribution in [-0.2, 0) is 24.5 Å². The van der Waals surface area contributed by atoms with Crippen LogP contribution >= 0.6 is 0 Å². The molecule has 0 amide bonds. The van der Waals surface area contributed by atoms with Gasteiger partial charge in [-0.3, -0.25) is 14.4 Å². The van der Waals surface area contributed by atoms with Crippen LogP contribution < -0.4 is 5.43 Å². The molecule has 8 rings (SSSR count). The fourth-order valence-electron chi connectivity index (χ4n) is 9.24. The molecule has 4 aliphatic heterocycles. The third kappa shape index (κ3) is 5.38. The Kier molecular flexibility index (Phi) is 8.65. The van der Waals surface area contributed by atoms with Crippen LogP contribution in [0.25, 0.3) is 11.0 Å². The van der Waals surface area contributed by atoms with Gasteiger partial charge in [-0.25, -0.2) is 0 Å². The fraction of sp³-hybridized carbons (Fsp3) is 0.585. The van der Waals surface area contributed by atoms with Crippen molar-refractivity contribution in [2.75, 3.05) is 28.2 Å². The number of aliphatic hydroxyl groups excluding tert-OH is 2. The molecule has 0 saturated carbocycles. The van der Waals surface area contributed by atoms with E-state index in [4.69, 9.17) is 23.4 Å². The Balaban J connectivity index is 1.34. The predicted molar refractivity (Wildman–Crippen MR) is 196 cm³/mol. The van der Waals surface area contributed by atoms with Crippen LogP contribution in [0.3, 0.4) is 0 Å². The maximum absolute atomic E-state index is 15.1. The van der Waals surface area contributed by atoms with Gasteiger partial charge < -0.3 is 48.5 Å². The van der Waals surface area contributed by atoms with Gasteiger partial charge in [0.25, 0.3) is 0 Å². The zero-order valence-corrected chi connectivity index (χ0v) is 32.4. The third-order valence-electron chi connectivity index (χ3n) is 13.0. The molecule has 5 aliphatic rings. The van der Waals surface area contributed by atoms with Crippen molar-refractivity contribution >= 4 is 22.5 Å². The molecule has 4 fully saturated rings. The highest BCUT2D eigenvalue weighted by Gasteiger charge is 2.66. The number of ketones is 2. The maximum Gasteiger partial charge on any atom is 0.202 e. The average Bonchev–Trinajstić information content (AvgIpc) is 4.01. The first-order valence-corrected chi connectivity index (χ1v) is 18.7. The summed E-state index contributed by atoms with van der Waals surface area (Å²) in [7, 11) is 7.45. The molecule has 3 N–H and O–H groups in total. The zero-order valence-electron chi connectivity index (χ0n) is 32.4. The van der Waals surface area contributed by atoms with Gasteiger partial charge in [-0.15, -0.1) is 0 Å². The van der Waals surface area contributed by atoms with Crippen molar-refractivity contribution in [3.63, 3.8) is 0 Å². The van der Waals surface area contributed by atoms with Crippen LogP contribution in [0.4, 0.5) is 0 Å². The zero-order chi connectivity index (χ0) is 39.1. The number of likely N-dealkylation sites (N-methyl/N-ethyl adjacent to an activating group) is 2. The molecule has 12 atom stereocenters.